The number of hydrogen-bond acceptors (Lipinski definition) is 6. The Hall–Kier alpha value is -3.11. The molecule has 0 fully saturated rings. The van der Waals surface area contributed by atoms with Gasteiger partial charge in [-0.2, -0.15) is 0 Å². The molecule has 0 aliphatic heterocycles. The van der Waals surface area contributed by atoms with Crippen molar-refractivity contribution in [2.24, 2.45) is 0 Å². The molecular weight excluding hydrogens is 441 g/mol. The smallest absolute Gasteiger partial charge is 0.262 e. The third-order valence-corrected chi connectivity index (χ3v) is 6.46. The van der Waals surface area contributed by atoms with Crippen molar-refractivity contribution in [3.05, 3.63) is 78.4 Å². The van der Waals surface area contributed by atoms with Crippen molar-refractivity contribution in [2.75, 3.05) is 22.9 Å². The van der Waals surface area contributed by atoms with Crippen LogP contribution < -0.4 is 14.8 Å². The second-order valence-electron chi connectivity index (χ2n) is 6.38. The third kappa shape index (κ3) is 6.43. The highest BCUT2D eigenvalue weighted by Crippen LogP contribution is 2.30. The number of benzene rings is 2. The summed E-state index contributed by atoms with van der Waals surface area (Å²) in [5.74, 6) is 0.369. The molecule has 1 aromatic heterocycles. The van der Waals surface area contributed by atoms with Crippen molar-refractivity contribution in [3.63, 3.8) is 0 Å². The Balaban J connectivity index is 1.67. The number of aromatic nitrogens is 1. The molecule has 31 heavy (non-hydrogen) atoms. The SMILES string of the molecule is COc1ccc(NC(=O)CSCc2cccnc2)cc1NS(=O)(=O)c1ccc(F)cc1. The molecule has 0 aliphatic rings. The van der Waals surface area contributed by atoms with E-state index >= 15 is 0 Å². The number of halogens is 1. The Bertz CT molecular complexity index is 1140. The largest absolute Gasteiger partial charge is 0.495 e. The summed E-state index contributed by atoms with van der Waals surface area (Å²) in [6.45, 7) is 0. The van der Waals surface area contributed by atoms with Crippen LogP contribution in [-0.2, 0) is 20.6 Å². The highest BCUT2D eigenvalue weighted by atomic mass is 32.2. The first-order chi connectivity index (χ1) is 14.9. The van der Waals surface area contributed by atoms with Gasteiger partial charge in [-0.3, -0.25) is 14.5 Å². The van der Waals surface area contributed by atoms with Gasteiger partial charge in [0.25, 0.3) is 10.0 Å². The molecule has 1 amide bonds. The first-order valence-corrected chi connectivity index (χ1v) is 11.7. The van der Waals surface area contributed by atoms with Gasteiger partial charge >= 0.3 is 0 Å². The van der Waals surface area contributed by atoms with Crippen molar-refractivity contribution in [2.45, 2.75) is 10.6 Å². The molecule has 0 saturated heterocycles. The zero-order valence-corrected chi connectivity index (χ0v) is 18.2. The number of nitrogens with one attached hydrogen (secondary N) is 2. The number of carbonyl (C=O) groups is 1. The summed E-state index contributed by atoms with van der Waals surface area (Å²) in [5.41, 5.74) is 1.57. The maximum atomic E-state index is 13.1. The van der Waals surface area contributed by atoms with Gasteiger partial charge in [0.2, 0.25) is 5.91 Å². The first kappa shape index (κ1) is 22.6. The fourth-order valence-electron chi connectivity index (χ4n) is 2.63. The highest BCUT2D eigenvalue weighted by Gasteiger charge is 2.17. The number of amides is 1. The van der Waals surface area contributed by atoms with E-state index in [-0.39, 0.29) is 28.0 Å². The van der Waals surface area contributed by atoms with Crippen LogP contribution in [0.4, 0.5) is 15.8 Å². The predicted octanol–water partition coefficient (Wildman–Crippen LogP) is 3.90. The third-order valence-electron chi connectivity index (χ3n) is 4.08. The van der Waals surface area contributed by atoms with E-state index in [0.717, 1.165) is 29.8 Å². The number of methoxy groups -OCH3 is 1. The van der Waals surface area contributed by atoms with Gasteiger partial charge in [-0.15, -0.1) is 11.8 Å². The Morgan fingerprint density at radius 1 is 1.16 bits per heavy atom. The van der Waals surface area contributed by atoms with Crippen molar-refractivity contribution < 1.29 is 22.3 Å². The van der Waals surface area contributed by atoms with Gasteiger partial charge in [0, 0.05) is 23.8 Å². The number of pyridine rings is 1. The lowest BCUT2D eigenvalue weighted by Crippen LogP contribution is -2.16. The number of hydrogen-bond donors (Lipinski definition) is 2. The van der Waals surface area contributed by atoms with E-state index in [4.69, 9.17) is 4.74 Å². The second kappa shape index (κ2) is 10.3. The van der Waals surface area contributed by atoms with E-state index < -0.39 is 15.8 Å². The van der Waals surface area contributed by atoms with Gasteiger partial charge < -0.3 is 10.1 Å². The van der Waals surface area contributed by atoms with E-state index in [0.29, 0.717) is 11.4 Å². The lowest BCUT2D eigenvalue weighted by atomic mass is 10.2. The number of thioether (sulfide) groups is 1. The van der Waals surface area contributed by atoms with E-state index in [1.165, 1.54) is 24.9 Å². The number of rotatable bonds is 9. The standard InChI is InChI=1S/C21H20FN3O4S2/c1-29-20-9-6-17(24-21(26)14-30-13-15-3-2-10-23-12-15)11-19(20)25-31(27,28)18-7-4-16(22)5-8-18/h2-12,25H,13-14H2,1H3,(H,24,26). The van der Waals surface area contributed by atoms with Gasteiger partial charge in [0.1, 0.15) is 11.6 Å². The van der Waals surface area contributed by atoms with Crippen LogP contribution in [0.15, 0.2) is 71.9 Å². The number of anilines is 2. The van der Waals surface area contributed by atoms with Gasteiger partial charge in [-0.1, -0.05) is 6.07 Å². The van der Waals surface area contributed by atoms with E-state index in [1.807, 2.05) is 12.1 Å². The maximum Gasteiger partial charge on any atom is 0.262 e. The van der Waals surface area contributed by atoms with Crippen molar-refractivity contribution in [3.8, 4) is 5.75 Å². The number of sulfonamides is 1. The zero-order chi connectivity index (χ0) is 22.3. The van der Waals surface area contributed by atoms with Gasteiger partial charge in [0.15, 0.2) is 0 Å². The summed E-state index contributed by atoms with van der Waals surface area (Å²) in [5, 5.41) is 2.74. The van der Waals surface area contributed by atoms with E-state index in [1.54, 1.807) is 24.5 Å². The molecule has 2 aromatic carbocycles. The normalized spacial score (nSPS) is 11.0. The minimum atomic E-state index is -3.97. The lowest BCUT2D eigenvalue weighted by Gasteiger charge is -2.14. The topological polar surface area (TPSA) is 97.4 Å². The summed E-state index contributed by atoms with van der Waals surface area (Å²) in [4.78, 5) is 16.2. The highest BCUT2D eigenvalue weighted by molar-refractivity contribution is 7.99. The molecule has 3 rings (SSSR count). The summed E-state index contributed by atoms with van der Waals surface area (Å²) in [6, 6.07) is 12.8. The van der Waals surface area contributed by atoms with Crippen LogP contribution in [-0.4, -0.2) is 32.2 Å². The Morgan fingerprint density at radius 2 is 1.94 bits per heavy atom. The Labute approximate surface area is 184 Å². The summed E-state index contributed by atoms with van der Waals surface area (Å²) >= 11 is 1.44. The molecule has 0 spiro atoms. The fraction of sp³-hybridized carbons (Fsp3) is 0.143. The summed E-state index contributed by atoms with van der Waals surface area (Å²) in [6.07, 6.45) is 3.43. The van der Waals surface area contributed by atoms with Crippen LogP contribution in [0.1, 0.15) is 5.56 Å². The molecule has 7 nitrogen and oxygen atoms in total. The molecule has 0 bridgehead atoms. The number of ether oxygens (including phenoxy) is 1. The second-order valence-corrected chi connectivity index (χ2v) is 9.04. The van der Waals surface area contributed by atoms with Crippen LogP contribution in [0.2, 0.25) is 0 Å². The van der Waals surface area contributed by atoms with Gasteiger partial charge in [0.05, 0.1) is 23.4 Å². The van der Waals surface area contributed by atoms with Crippen molar-refractivity contribution in [1.82, 2.24) is 4.98 Å². The molecule has 0 unspecified atom stereocenters. The molecule has 1 heterocycles. The molecule has 2 N–H and O–H groups in total. The predicted molar refractivity (Wildman–Crippen MR) is 119 cm³/mol. The molecule has 0 saturated carbocycles. The minimum absolute atomic E-state index is 0.0998. The van der Waals surface area contributed by atoms with Crippen LogP contribution >= 0.6 is 11.8 Å². The summed E-state index contributed by atoms with van der Waals surface area (Å²) in [7, 11) is -2.57. The van der Waals surface area contributed by atoms with Crippen LogP contribution in [0.3, 0.4) is 0 Å². The number of nitrogens with zero attached hydrogens (tertiary/aromatic N) is 1. The van der Waals surface area contributed by atoms with Crippen LogP contribution in [0.5, 0.6) is 5.75 Å². The average molecular weight is 462 g/mol. The van der Waals surface area contributed by atoms with Crippen molar-refractivity contribution >= 4 is 39.1 Å². The fourth-order valence-corrected chi connectivity index (χ4v) is 4.45. The van der Waals surface area contributed by atoms with Crippen molar-refractivity contribution in [1.29, 1.82) is 0 Å². The first-order valence-electron chi connectivity index (χ1n) is 9.10. The summed E-state index contributed by atoms with van der Waals surface area (Å²) < 4.78 is 45.9. The average Bonchev–Trinajstić information content (AvgIpc) is 2.75. The number of carbonyl (C=O) groups excluding carboxylic acids is 1. The quantitative estimate of drug-likeness (QED) is 0.502. The monoisotopic (exact) mass is 461 g/mol. The Kier molecular flexibility index (Phi) is 7.48. The van der Waals surface area contributed by atoms with E-state index in [9.17, 15) is 17.6 Å². The molecular formula is C21H20FN3O4S2. The van der Waals surface area contributed by atoms with Crippen LogP contribution in [0, 0.1) is 5.82 Å². The molecule has 0 atom stereocenters. The van der Waals surface area contributed by atoms with Gasteiger partial charge in [-0.05, 0) is 54.1 Å². The zero-order valence-electron chi connectivity index (χ0n) is 16.5. The van der Waals surface area contributed by atoms with Gasteiger partial charge in [-0.25, -0.2) is 12.8 Å². The molecule has 0 aliphatic carbocycles. The maximum absolute atomic E-state index is 13.1. The van der Waals surface area contributed by atoms with Crippen LogP contribution in [0.25, 0.3) is 0 Å². The molecule has 0 radical (unpaired) electrons. The lowest BCUT2D eigenvalue weighted by molar-refractivity contribution is -0.113. The minimum Gasteiger partial charge on any atom is -0.495 e. The molecule has 162 valence electrons. The molecule has 10 heteroatoms. The van der Waals surface area contributed by atoms with E-state index in [2.05, 4.69) is 15.0 Å². The molecule has 3 aromatic rings. The Morgan fingerprint density at radius 3 is 2.61 bits per heavy atom.